The average Bonchev–Trinajstić information content (AvgIpc) is 2.53. The number of anilines is 1. The SMILES string of the molecule is CN(C)c1ccc(CNC2CCCc3cccnc32)cc1. The summed E-state index contributed by atoms with van der Waals surface area (Å²) in [7, 11) is 4.13. The van der Waals surface area contributed by atoms with E-state index < -0.39 is 0 Å². The van der Waals surface area contributed by atoms with Crippen LogP contribution in [0.25, 0.3) is 0 Å². The Labute approximate surface area is 127 Å². The fourth-order valence-electron chi connectivity index (χ4n) is 2.96. The zero-order chi connectivity index (χ0) is 14.7. The van der Waals surface area contributed by atoms with Gasteiger partial charge in [0.25, 0.3) is 0 Å². The molecule has 1 aromatic carbocycles. The van der Waals surface area contributed by atoms with E-state index in [0.29, 0.717) is 6.04 Å². The first-order chi connectivity index (χ1) is 10.2. The van der Waals surface area contributed by atoms with Gasteiger partial charge in [-0.05, 0) is 48.6 Å². The minimum absolute atomic E-state index is 0.392. The third-order valence-electron chi connectivity index (χ3n) is 4.20. The van der Waals surface area contributed by atoms with E-state index in [0.717, 1.165) is 6.54 Å². The highest BCUT2D eigenvalue weighted by atomic mass is 15.1. The second-order valence-corrected chi connectivity index (χ2v) is 5.93. The molecule has 0 radical (unpaired) electrons. The van der Waals surface area contributed by atoms with Crippen LogP contribution in [-0.4, -0.2) is 19.1 Å². The van der Waals surface area contributed by atoms with Gasteiger partial charge >= 0.3 is 0 Å². The van der Waals surface area contributed by atoms with Crippen LogP contribution in [0.3, 0.4) is 0 Å². The Bertz CT molecular complexity index is 590. The number of aromatic nitrogens is 1. The summed E-state index contributed by atoms with van der Waals surface area (Å²) in [5, 5.41) is 3.67. The standard InChI is InChI=1S/C18H23N3/c1-21(2)16-10-8-14(9-11-16)13-20-17-7-3-5-15-6-4-12-19-18(15)17/h4,6,8-12,17,20H,3,5,7,13H2,1-2H3. The molecule has 0 aliphatic heterocycles. The van der Waals surface area contributed by atoms with Crippen LogP contribution in [0, 0.1) is 0 Å². The van der Waals surface area contributed by atoms with Crippen molar-refractivity contribution in [3.05, 3.63) is 59.4 Å². The first kappa shape index (κ1) is 14.1. The van der Waals surface area contributed by atoms with Crippen molar-refractivity contribution in [2.24, 2.45) is 0 Å². The average molecular weight is 281 g/mol. The van der Waals surface area contributed by atoms with Crippen molar-refractivity contribution in [1.29, 1.82) is 0 Å². The third-order valence-corrected chi connectivity index (χ3v) is 4.20. The van der Waals surface area contributed by atoms with E-state index in [1.54, 1.807) is 0 Å². The van der Waals surface area contributed by atoms with Crippen molar-refractivity contribution in [2.45, 2.75) is 31.8 Å². The summed E-state index contributed by atoms with van der Waals surface area (Å²) in [5.74, 6) is 0. The van der Waals surface area contributed by atoms with Crippen LogP contribution in [0.5, 0.6) is 0 Å². The molecule has 1 heterocycles. The van der Waals surface area contributed by atoms with Crippen LogP contribution >= 0.6 is 0 Å². The van der Waals surface area contributed by atoms with Gasteiger partial charge in [-0.25, -0.2) is 0 Å². The first-order valence-corrected chi connectivity index (χ1v) is 7.67. The molecule has 1 unspecified atom stereocenters. The number of hydrogen-bond acceptors (Lipinski definition) is 3. The van der Waals surface area contributed by atoms with Gasteiger partial charge in [0.2, 0.25) is 0 Å². The Kier molecular flexibility index (Phi) is 4.20. The monoisotopic (exact) mass is 281 g/mol. The lowest BCUT2D eigenvalue weighted by Crippen LogP contribution is -2.25. The molecular weight excluding hydrogens is 258 g/mol. The van der Waals surface area contributed by atoms with Crippen molar-refractivity contribution < 1.29 is 0 Å². The molecule has 2 aromatic rings. The Morgan fingerprint density at radius 1 is 1.19 bits per heavy atom. The lowest BCUT2D eigenvalue weighted by molar-refractivity contribution is 0.447. The predicted octanol–water partition coefficient (Wildman–Crippen LogP) is 3.31. The molecule has 0 saturated carbocycles. The summed E-state index contributed by atoms with van der Waals surface area (Å²) in [6, 6.07) is 13.4. The predicted molar refractivity (Wildman–Crippen MR) is 87.5 cm³/mol. The van der Waals surface area contributed by atoms with E-state index >= 15 is 0 Å². The van der Waals surface area contributed by atoms with Crippen LogP contribution in [0.2, 0.25) is 0 Å². The molecule has 0 saturated heterocycles. The number of hydrogen-bond donors (Lipinski definition) is 1. The van der Waals surface area contributed by atoms with E-state index in [2.05, 4.69) is 59.6 Å². The molecule has 1 aliphatic rings. The zero-order valence-electron chi connectivity index (χ0n) is 12.8. The van der Waals surface area contributed by atoms with E-state index in [1.165, 1.54) is 41.8 Å². The van der Waals surface area contributed by atoms with Gasteiger partial charge in [-0.2, -0.15) is 0 Å². The van der Waals surface area contributed by atoms with Crippen LogP contribution in [0.4, 0.5) is 5.69 Å². The zero-order valence-corrected chi connectivity index (χ0v) is 12.8. The Balaban J connectivity index is 1.66. The molecule has 110 valence electrons. The molecule has 0 spiro atoms. The van der Waals surface area contributed by atoms with Gasteiger partial charge in [0.1, 0.15) is 0 Å². The van der Waals surface area contributed by atoms with Gasteiger partial charge < -0.3 is 10.2 Å². The molecule has 3 rings (SSSR count). The van der Waals surface area contributed by atoms with Crippen molar-refractivity contribution in [3.8, 4) is 0 Å². The number of nitrogens with one attached hydrogen (secondary N) is 1. The van der Waals surface area contributed by atoms with Crippen LogP contribution in [-0.2, 0) is 13.0 Å². The molecule has 1 atom stereocenters. The molecule has 1 N–H and O–H groups in total. The highest BCUT2D eigenvalue weighted by molar-refractivity contribution is 5.46. The van der Waals surface area contributed by atoms with Gasteiger partial charge in [-0.3, -0.25) is 4.98 Å². The Hall–Kier alpha value is -1.87. The van der Waals surface area contributed by atoms with Gasteiger partial charge in [0, 0.05) is 32.5 Å². The van der Waals surface area contributed by atoms with Crippen molar-refractivity contribution >= 4 is 5.69 Å². The molecule has 0 fully saturated rings. The van der Waals surface area contributed by atoms with E-state index in [4.69, 9.17) is 0 Å². The minimum Gasteiger partial charge on any atom is -0.378 e. The van der Waals surface area contributed by atoms with E-state index in [-0.39, 0.29) is 0 Å². The normalized spacial score (nSPS) is 17.3. The summed E-state index contributed by atoms with van der Waals surface area (Å²) < 4.78 is 0. The Morgan fingerprint density at radius 3 is 2.76 bits per heavy atom. The third kappa shape index (κ3) is 3.24. The number of fused-ring (bicyclic) bond motifs is 1. The number of aryl methyl sites for hydroxylation is 1. The topological polar surface area (TPSA) is 28.2 Å². The number of pyridine rings is 1. The second kappa shape index (κ2) is 6.27. The summed E-state index contributed by atoms with van der Waals surface area (Å²) >= 11 is 0. The lowest BCUT2D eigenvalue weighted by atomic mass is 9.92. The molecular formula is C18H23N3. The fourth-order valence-corrected chi connectivity index (χ4v) is 2.96. The quantitative estimate of drug-likeness (QED) is 0.932. The number of rotatable bonds is 4. The van der Waals surface area contributed by atoms with Crippen LogP contribution in [0.1, 0.15) is 35.7 Å². The number of benzene rings is 1. The summed E-state index contributed by atoms with van der Waals surface area (Å²) in [6.07, 6.45) is 5.50. The van der Waals surface area contributed by atoms with Gasteiger partial charge in [0.05, 0.1) is 11.7 Å². The fraction of sp³-hybridized carbons (Fsp3) is 0.389. The van der Waals surface area contributed by atoms with Crippen LogP contribution in [0.15, 0.2) is 42.6 Å². The molecule has 0 bridgehead atoms. The second-order valence-electron chi connectivity index (χ2n) is 5.93. The summed E-state index contributed by atoms with van der Waals surface area (Å²) in [5.41, 5.74) is 5.21. The summed E-state index contributed by atoms with van der Waals surface area (Å²) in [6.45, 7) is 0.897. The molecule has 1 aromatic heterocycles. The lowest BCUT2D eigenvalue weighted by Gasteiger charge is -2.25. The molecule has 21 heavy (non-hydrogen) atoms. The Morgan fingerprint density at radius 2 is 2.00 bits per heavy atom. The van der Waals surface area contributed by atoms with Crippen molar-refractivity contribution in [1.82, 2.24) is 10.3 Å². The maximum atomic E-state index is 4.58. The maximum Gasteiger partial charge on any atom is 0.0605 e. The molecule has 0 amide bonds. The van der Waals surface area contributed by atoms with Crippen LogP contribution < -0.4 is 10.2 Å². The minimum atomic E-state index is 0.392. The van der Waals surface area contributed by atoms with E-state index in [1.807, 2.05) is 12.3 Å². The van der Waals surface area contributed by atoms with Crippen molar-refractivity contribution in [2.75, 3.05) is 19.0 Å². The smallest absolute Gasteiger partial charge is 0.0605 e. The molecule has 3 heteroatoms. The highest BCUT2D eigenvalue weighted by Gasteiger charge is 2.20. The highest BCUT2D eigenvalue weighted by Crippen LogP contribution is 2.27. The summed E-state index contributed by atoms with van der Waals surface area (Å²) in [4.78, 5) is 6.70. The van der Waals surface area contributed by atoms with Gasteiger partial charge in [0.15, 0.2) is 0 Å². The van der Waals surface area contributed by atoms with Gasteiger partial charge in [-0.15, -0.1) is 0 Å². The van der Waals surface area contributed by atoms with Crippen molar-refractivity contribution in [3.63, 3.8) is 0 Å². The molecule has 1 aliphatic carbocycles. The van der Waals surface area contributed by atoms with E-state index in [9.17, 15) is 0 Å². The first-order valence-electron chi connectivity index (χ1n) is 7.67. The number of nitrogens with zero attached hydrogens (tertiary/aromatic N) is 2. The maximum absolute atomic E-state index is 4.58. The van der Waals surface area contributed by atoms with Gasteiger partial charge in [-0.1, -0.05) is 18.2 Å². The largest absolute Gasteiger partial charge is 0.378 e. The molecule has 3 nitrogen and oxygen atoms in total.